The van der Waals surface area contributed by atoms with E-state index in [1.54, 1.807) is 17.4 Å². The molecule has 0 bridgehead atoms. The summed E-state index contributed by atoms with van der Waals surface area (Å²) < 4.78 is 0. The van der Waals surface area contributed by atoms with Crippen LogP contribution < -0.4 is 5.32 Å². The van der Waals surface area contributed by atoms with Crippen molar-refractivity contribution in [2.45, 2.75) is 13.5 Å². The number of nitrogens with one attached hydrogen (secondary N) is 1. The Labute approximate surface area is 87.1 Å². The predicted octanol–water partition coefficient (Wildman–Crippen LogP) is 1.79. The molecule has 0 aliphatic rings. The molecule has 4 heteroatoms. The van der Waals surface area contributed by atoms with Gasteiger partial charge in [0, 0.05) is 28.9 Å². The number of carboxylic acid groups (broad SMARTS) is 1. The molecule has 14 heavy (non-hydrogen) atoms. The van der Waals surface area contributed by atoms with Gasteiger partial charge in [-0.25, -0.2) is 4.79 Å². The summed E-state index contributed by atoms with van der Waals surface area (Å²) in [4.78, 5) is 12.7. The van der Waals surface area contributed by atoms with Crippen LogP contribution in [0.4, 0.5) is 0 Å². The zero-order valence-electron chi connectivity index (χ0n) is 7.99. The van der Waals surface area contributed by atoms with Crippen LogP contribution in [0.3, 0.4) is 0 Å². The van der Waals surface area contributed by atoms with Gasteiger partial charge in [-0.1, -0.05) is 6.08 Å². The van der Waals surface area contributed by atoms with Crippen LogP contribution in [0, 0.1) is 6.92 Å². The molecule has 0 aliphatic heterocycles. The largest absolute Gasteiger partial charge is 0.478 e. The molecule has 2 N–H and O–H groups in total. The summed E-state index contributed by atoms with van der Waals surface area (Å²) in [5, 5.41) is 11.5. The lowest BCUT2D eigenvalue weighted by molar-refractivity contribution is -0.131. The van der Waals surface area contributed by atoms with E-state index in [0.717, 1.165) is 12.6 Å². The molecule has 1 heterocycles. The number of carbonyl (C=O) groups is 1. The van der Waals surface area contributed by atoms with Crippen LogP contribution in [-0.4, -0.2) is 17.6 Å². The second-order valence-corrected chi connectivity index (χ2v) is 4.26. The fraction of sp³-hybridized carbons (Fsp3) is 0.300. The van der Waals surface area contributed by atoms with E-state index in [-0.39, 0.29) is 0 Å². The Kier molecular flexibility index (Phi) is 4.35. The molecular weight excluding hydrogens is 198 g/mol. The molecule has 0 aromatic carbocycles. The topological polar surface area (TPSA) is 49.3 Å². The number of rotatable bonds is 5. The second-order valence-electron chi connectivity index (χ2n) is 2.88. The van der Waals surface area contributed by atoms with Crippen molar-refractivity contribution in [2.24, 2.45) is 0 Å². The molecule has 0 spiro atoms. The lowest BCUT2D eigenvalue weighted by Crippen LogP contribution is -2.12. The smallest absolute Gasteiger partial charge is 0.328 e. The van der Waals surface area contributed by atoms with Crippen LogP contribution in [-0.2, 0) is 11.3 Å². The Morgan fingerprint density at radius 1 is 1.64 bits per heavy atom. The van der Waals surface area contributed by atoms with E-state index in [1.165, 1.54) is 9.75 Å². The van der Waals surface area contributed by atoms with Gasteiger partial charge in [0.15, 0.2) is 0 Å². The SMILES string of the molecule is Cc1ccc(CNC/C=C/C(=O)O)s1. The highest BCUT2D eigenvalue weighted by Crippen LogP contribution is 2.14. The van der Waals surface area contributed by atoms with Crippen molar-refractivity contribution in [3.63, 3.8) is 0 Å². The third kappa shape index (κ3) is 4.20. The molecule has 0 atom stereocenters. The van der Waals surface area contributed by atoms with Gasteiger partial charge in [-0.2, -0.15) is 0 Å². The van der Waals surface area contributed by atoms with E-state index < -0.39 is 5.97 Å². The quantitative estimate of drug-likeness (QED) is 0.576. The Hall–Kier alpha value is -1.13. The van der Waals surface area contributed by atoms with Crippen LogP contribution in [0.25, 0.3) is 0 Å². The average molecular weight is 211 g/mol. The number of hydrogen-bond acceptors (Lipinski definition) is 3. The number of carboxylic acids is 1. The molecule has 0 unspecified atom stereocenters. The highest BCUT2D eigenvalue weighted by molar-refractivity contribution is 7.11. The van der Waals surface area contributed by atoms with E-state index in [1.807, 2.05) is 0 Å². The Morgan fingerprint density at radius 3 is 3.00 bits per heavy atom. The van der Waals surface area contributed by atoms with Crippen molar-refractivity contribution >= 4 is 17.3 Å². The summed E-state index contributed by atoms with van der Waals surface area (Å²) in [6.45, 7) is 3.45. The zero-order valence-corrected chi connectivity index (χ0v) is 8.80. The summed E-state index contributed by atoms with van der Waals surface area (Å²) in [6, 6.07) is 4.16. The first kappa shape index (κ1) is 10.9. The Bertz CT molecular complexity index is 331. The molecule has 0 saturated carbocycles. The molecule has 1 aromatic rings. The highest BCUT2D eigenvalue weighted by Gasteiger charge is 1.94. The maximum atomic E-state index is 10.1. The van der Waals surface area contributed by atoms with E-state index in [4.69, 9.17) is 5.11 Å². The number of aliphatic carboxylic acids is 1. The Balaban J connectivity index is 2.19. The lowest BCUT2D eigenvalue weighted by atomic mass is 10.4. The molecule has 0 fully saturated rings. The average Bonchev–Trinajstić information content (AvgIpc) is 2.50. The zero-order chi connectivity index (χ0) is 10.4. The highest BCUT2D eigenvalue weighted by atomic mass is 32.1. The predicted molar refractivity (Wildman–Crippen MR) is 57.5 cm³/mol. The minimum Gasteiger partial charge on any atom is -0.478 e. The fourth-order valence-corrected chi connectivity index (χ4v) is 1.88. The number of thiophene rings is 1. The fourth-order valence-electron chi connectivity index (χ4n) is 1.02. The molecule has 0 saturated heterocycles. The molecule has 0 amide bonds. The van der Waals surface area contributed by atoms with E-state index in [2.05, 4.69) is 24.4 Å². The van der Waals surface area contributed by atoms with Gasteiger partial charge in [0.25, 0.3) is 0 Å². The van der Waals surface area contributed by atoms with Gasteiger partial charge >= 0.3 is 5.97 Å². The Morgan fingerprint density at radius 2 is 2.43 bits per heavy atom. The summed E-state index contributed by atoms with van der Waals surface area (Å²) in [7, 11) is 0. The molecule has 1 rings (SSSR count). The van der Waals surface area contributed by atoms with Gasteiger partial charge in [-0.15, -0.1) is 11.3 Å². The minimum absolute atomic E-state index is 0.587. The number of aryl methyl sites for hydroxylation is 1. The van der Waals surface area contributed by atoms with Gasteiger partial charge in [-0.3, -0.25) is 0 Å². The minimum atomic E-state index is -0.904. The molecule has 3 nitrogen and oxygen atoms in total. The first-order valence-corrected chi connectivity index (χ1v) is 5.15. The van der Waals surface area contributed by atoms with Gasteiger partial charge < -0.3 is 10.4 Å². The van der Waals surface area contributed by atoms with Crippen LogP contribution in [0.1, 0.15) is 9.75 Å². The van der Waals surface area contributed by atoms with Crippen molar-refractivity contribution in [2.75, 3.05) is 6.54 Å². The monoisotopic (exact) mass is 211 g/mol. The first-order chi connectivity index (χ1) is 6.68. The maximum absolute atomic E-state index is 10.1. The second kappa shape index (κ2) is 5.57. The van der Waals surface area contributed by atoms with Gasteiger partial charge in [0.2, 0.25) is 0 Å². The van der Waals surface area contributed by atoms with Crippen molar-refractivity contribution < 1.29 is 9.90 Å². The standard InChI is InChI=1S/C10H13NO2S/c1-8-4-5-9(14-8)7-11-6-2-3-10(12)13/h2-5,11H,6-7H2,1H3,(H,12,13)/b3-2+. The van der Waals surface area contributed by atoms with Gasteiger partial charge in [-0.05, 0) is 19.1 Å². The van der Waals surface area contributed by atoms with E-state index in [0.29, 0.717) is 6.54 Å². The number of hydrogen-bond donors (Lipinski definition) is 2. The molecule has 0 aliphatic carbocycles. The molecule has 0 radical (unpaired) electrons. The van der Waals surface area contributed by atoms with Crippen molar-refractivity contribution in [1.82, 2.24) is 5.32 Å². The van der Waals surface area contributed by atoms with Crippen LogP contribution in [0.5, 0.6) is 0 Å². The van der Waals surface area contributed by atoms with Crippen LogP contribution >= 0.6 is 11.3 Å². The van der Waals surface area contributed by atoms with Crippen molar-refractivity contribution in [3.05, 3.63) is 34.0 Å². The van der Waals surface area contributed by atoms with Gasteiger partial charge in [0.1, 0.15) is 0 Å². The molecular formula is C10H13NO2S. The summed E-state index contributed by atoms with van der Waals surface area (Å²) >= 11 is 1.75. The third-order valence-electron chi connectivity index (χ3n) is 1.62. The van der Waals surface area contributed by atoms with Crippen LogP contribution in [0.15, 0.2) is 24.3 Å². The molecule has 76 valence electrons. The third-order valence-corrected chi connectivity index (χ3v) is 2.62. The first-order valence-electron chi connectivity index (χ1n) is 4.34. The van der Waals surface area contributed by atoms with E-state index in [9.17, 15) is 4.79 Å². The van der Waals surface area contributed by atoms with Crippen LogP contribution in [0.2, 0.25) is 0 Å². The lowest BCUT2D eigenvalue weighted by Gasteiger charge is -1.96. The normalized spacial score (nSPS) is 10.9. The maximum Gasteiger partial charge on any atom is 0.328 e. The summed E-state index contributed by atoms with van der Waals surface area (Å²) in [5.41, 5.74) is 0. The van der Waals surface area contributed by atoms with Crippen molar-refractivity contribution in [1.29, 1.82) is 0 Å². The van der Waals surface area contributed by atoms with E-state index >= 15 is 0 Å². The van der Waals surface area contributed by atoms with Gasteiger partial charge in [0.05, 0.1) is 0 Å². The molecule has 1 aromatic heterocycles. The summed E-state index contributed by atoms with van der Waals surface area (Å²) in [6.07, 6.45) is 2.75. The van der Waals surface area contributed by atoms with Crippen molar-refractivity contribution in [3.8, 4) is 0 Å². The summed E-state index contributed by atoms with van der Waals surface area (Å²) in [5.74, 6) is -0.904.